The molecule has 0 bridgehead atoms. The van der Waals surface area contributed by atoms with Gasteiger partial charge in [-0.05, 0) is 30.7 Å². The fourth-order valence-electron chi connectivity index (χ4n) is 1.23. The number of hydrogen-bond acceptors (Lipinski definition) is 3. The highest BCUT2D eigenvalue weighted by Crippen LogP contribution is 2.34. The van der Waals surface area contributed by atoms with Crippen LogP contribution < -0.4 is 4.74 Å². The largest absolute Gasteiger partial charge is 0.494 e. The van der Waals surface area contributed by atoms with Crippen LogP contribution in [-0.4, -0.2) is 19.7 Å². The van der Waals surface area contributed by atoms with Gasteiger partial charge in [-0.2, -0.15) is 0 Å². The third-order valence-corrected chi connectivity index (χ3v) is 2.48. The first-order chi connectivity index (χ1) is 8.08. The van der Waals surface area contributed by atoms with E-state index in [9.17, 15) is 4.79 Å². The van der Waals surface area contributed by atoms with Crippen LogP contribution in [0.2, 0.25) is 10.0 Å². The van der Waals surface area contributed by atoms with Crippen molar-refractivity contribution in [3.8, 4) is 5.75 Å². The molecule has 5 heteroatoms. The Bertz CT molecular complexity index is 418. The molecule has 0 fully saturated rings. The first kappa shape index (κ1) is 13.9. The van der Waals surface area contributed by atoms with E-state index in [1.165, 1.54) is 13.2 Å². The van der Waals surface area contributed by atoms with Gasteiger partial charge in [-0.1, -0.05) is 23.2 Å². The first-order valence-corrected chi connectivity index (χ1v) is 5.72. The van der Waals surface area contributed by atoms with Crippen LogP contribution in [0.25, 0.3) is 6.08 Å². The lowest BCUT2D eigenvalue weighted by Crippen LogP contribution is -1.98. The van der Waals surface area contributed by atoms with Gasteiger partial charge in [-0.25, -0.2) is 4.79 Å². The van der Waals surface area contributed by atoms with E-state index < -0.39 is 5.97 Å². The van der Waals surface area contributed by atoms with Crippen molar-refractivity contribution in [1.29, 1.82) is 0 Å². The van der Waals surface area contributed by atoms with Gasteiger partial charge in [0.05, 0.1) is 23.8 Å². The second kappa shape index (κ2) is 6.52. The summed E-state index contributed by atoms with van der Waals surface area (Å²) in [6.45, 7) is 2.08. The van der Waals surface area contributed by atoms with Crippen LogP contribution in [0, 0.1) is 0 Å². The van der Waals surface area contributed by atoms with Gasteiger partial charge < -0.3 is 9.47 Å². The second-order valence-electron chi connectivity index (χ2n) is 3.10. The Kier molecular flexibility index (Phi) is 5.32. The SMILES string of the molecule is CCOC(=O)/C=C/c1cc(Cl)c(OC)c(Cl)c1. The molecule has 1 aromatic carbocycles. The van der Waals surface area contributed by atoms with Gasteiger partial charge in [0.1, 0.15) is 0 Å². The third kappa shape index (κ3) is 3.95. The summed E-state index contributed by atoms with van der Waals surface area (Å²) in [5.74, 6) is 0.0113. The van der Waals surface area contributed by atoms with Crippen molar-refractivity contribution in [1.82, 2.24) is 0 Å². The lowest BCUT2D eigenvalue weighted by molar-refractivity contribution is -0.137. The summed E-state index contributed by atoms with van der Waals surface area (Å²) in [5, 5.41) is 0.784. The number of carbonyl (C=O) groups excluding carboxylic acids is 1. The van der Waals surface area contributed by atoms with E-state index in [1.807, 2.05) is 0 Å². The molecule has 0 atom stereocenters. The summed E-state index contributed by atoms with van der Waals surface area (Å²) >= 11 is 11.9. The number of esters is 1. The van der Waals surface area contributed by atoms with Gasteiger partial charge >= 0.3 is 5.97 Å². The molecule has 0 aliphatic heterocycles. The molecule has 0 N–H and O–H groups in total. The molecule has 0 aliphatic carbocycles. The van der Waals surface area contributed by atoms with Crippen LogP contribution in [-0.2, 0) is 9.53 Å². The average molecular weight is 275 g/mol. The molecule has 0 heterocycles. The maximum absolute atomic E-state index is 11.1. The molecule has 0 aromatic heterocycles. The van der Waals surface area contributed by atoms with Crippen molar-refractivity contribution >= 4 is 35.2 Å². The molecule has 0 radical (unpaired) electrons. The van der Waals surface area contributed by atoms with Crippen LogP contribution in [0.4, 0.5) is 0 Å². The summed E-state index contributed by atoms with van der Waals surface area (Å²) in [7, 11) is 1.49. The summed E-state index contributed by atoms with van der Waals surface area (Å²) in [6.07, 6.45) is 2.90. The number of carbonyl (C=O) groups is 1. The van der Waals surface area contributed by atoms with Gasteiger partial charge in [0.15, 0.2) is 5.75 Å². The molecule has 0 amide bonds. The summed E-state index contributed by atoms with van der Waals surface area (Å²) in [6, 6.07) is 3.31. The highest BCUT2D eigenvalue weighted by molar-refractivity contribution is 6.37. The van der Waals surface area contributed by atoms with E-state index >= 15 is 0 Å². The van der Waals surface area contributed by atoms with E-state index in [2.05, 4.69) is 0 Å². The lowest BCUT2D eigenvalue weighted by Gasteiger charge is -2.06. The van der Waals surface area contributed by atoms with Crippen LogP contribution >= 0.6 is 23.2 Å². The van der Waals surface area contributed by atoms with Crippen molar-refractivity contribution in [2.75, 3.05) is 13.7 Å². The Balaban J connectivity index is 2.90. The fourth-order valence-corrected chi connectivity index (χ4v) is 1.88. The minimum Gasteiger partial charge on any atom is -0.494 e. The topological polar surface area (TPSA) is 35.5 Å². The predicted molar refractivity (Wildman–Crippen MR) is 68.7 cm³/mol. The zero-order chi connectivity index (χ0) is 12.8. The molecule has 17 heavy (non-hydrogen) atoms. The van der Waals surface area contributed by atoms with E-state index in [0.717, 1.165) is 0 Å². The Morgan fingerprint density at radius 1 is 1.35 bits per heavy atom. The summed E-state index contributed by atoms with van der Waals surface area (Å²) < 4.78 is 9.77. The van der Waals surface area contributed by atoms with Crippen molar-refractivity contribution in [3.63, 3.8) is 0 Å². The Hall–Kier alpha value is -1.19. The molecule has 1 aromatic rings. The maximum Gasteiger partial charge on any atom is 0.330 e. The average Bonchev–Trinajstić information content (AvgIpc) is 2.26. The van der Waals surface area contributed by atoms with Crippen LogP contribution in [0.15, 0.2) is 18.2 Å². The number of benzene rings is 1. The molecule has 0 spiro atoms. The van der Waals surface area contributed by atoms with Crippen LogP contribution in [0.1, 0.15) is 12.5 Å². The number of ether oxygens (including phenoxy) is 2. The molecular formula is C12H12Cl2O3. The minimum atomic E-state index is -0.407. The Morgan fingerprint density at radius 2 is 1.94 bits per heavy atom. The molecule has 0 unspecified atom stereocenters. The van der Waals surface area contributed by atoms with Gasteiger partial charge in [0, 0.05) is 6.08 Å². The molecular weight excluding hydrogens is 263 g/mol. The molecule has 0 saturated carbocycles. The van der Waals surface area contributed by atoms with Crippen LogP contribution in [0.3, 0.4) is 0 Å². The van der Waals surface area contributed by atoms with Gasteiger partial charge in [0.2, 0.25) is 0 Å². The molecule has 0 saturated heterocycles. The molecule has 0 aliphatic rings. The minimum absolute atomic E-state index is 0.341. The monoisotopic (exact) mass is 274 g/mol. The zero-order valence-corrected chi connectivity index (χ0v) is 11.0. The number of halogens is 2. The quantitative estimate of drug-likeness (QED) is 0.622. The van der Waals surface area contributed by atoms with Gasteiger partial charge in [-0.3, -0.25) is 0 Å². The Labute approximate surface area is 110 Å². The second-order valence-corrected chi connectivity index (χ2v) is 3.92. The van der Waals surface area contributed by atoms with Gasteiger partial charge in [-0.15, -0.1) is 0 Å². The molecule has 1 rings (SSSR count). The van der Waals surface area contributed by atoms with Crippen molar-refractivity contribution in [2.45, 2.75) is 6.92 Å². The Morgan fingerprint density at radius 3 is 2.41 bits per heavy atom. The lowest BCUT2D eigenvalue weighted by atomic mass is 10.2. The fraction of sp³-hybridized carbons (Fsp3) is 0.250. The van der Waals surface area contributed by atoms with Crippen molar-refractivity contribution < 1.29 is 14.3 Å². The summed E-state index contributed by atoms with van der Waals surface area (Å²) in [4.78, 5) is 11.1. The summed E-state index contributed by atoms with van der Waals surface area (Å²) in [5.41, 5.74) is 0.703. The highest BCUT2D eigenvalue weighted by Gasteiger charge is 2.07. The van der Waals surface area contributed by atoms with Gasteiger partial charge in [0.25, 0.3) is 0 Å². The third-order valence-electron chi connectivity index (χ3n) is 1.92. The maximum atomic E-state index is 11.1. The number of rotatable bonds is 4. The van der Waals surface area contributed by atoms with E-state index in [1.54, 1.807) is 25.1 Å². The highest BCUT2D eigenvalue weighted by atomic mass is 35.5. The van der Waals surface area contributed by atoms with E-state index in [-0.39, 0.29) is 0 Å². The van der Waals surface area contributed by atoms with E-state index in [4.69, 9.17) is 32.7 Å². The van der Waals surface area contributed by atoms with Crippen molar-refractivity contribution in [3.05, 3.63) is 33.8 Å². The molecule has 3 nitrogen and oxygen atoms in total. The number of hydrogen-bond donors (Lipinski definition) is 0. The normalized spacial score (nSPS) is 10.6. The molecule has 92 valence electrons. The van der Waals surface area contributed by atoms with Crippen LogP contribution in [0.5, 0.6) is 5.75 Å². The smallest absolute Gasteiger partial charge is 0.330 e. The predicted octanol–water partition coefficient (Wildman–Crippen LogP) is 3.58. The zero-order valence-electron chi connectivity index (χ0n) is 9.50. The standard InChI is InChI=1S/C12H12Cl2O3/c1-3-17-11(15)5-4-8-6-9(13)12(16-2)10(14)7-8/h4-7H,3H2,1-2H3/b5-4+. The number of methoxy groups -OCH3 is 1. The first-order valence-electron chi connectivity index (χ1n) is 4.96. The van der Waals surface area contributed by atoms with Crippen molar-refractivity contribution in [2.24, 2.45) is 0 Å². The van der Waals surface area contributed by atoms with E-state index in [0.29, 0.717) is 28.0 Å².